The summed E-state index contributed by atoms with van der Waals surface area (Å²) >= 11 is 2.42. The lowest BCUT2D eigenvalue weighted by Crippen LogP contribution is -2.15. The Labute approximate surface area is 176 Å². The third kappa shape index (κ3) is 3.06. The van der Waals surface area contributed by atoms with Gasteiger partial charge in [-0.1, -0.05) is 56.3 Å². The van der Waals surface area contributed by atoms with Gasteiger partial charge in [-0.25, -0.2) is 0 Å². The van der Waals surface area contributed by atoms with E-state index in [1.165, 1.54) is 48.1 Å². The molecule has 0 nitrogen and oxygen atoms in total. The highest BCUT2D eigenvalue weighted by atomic mass is 127. The Bertz CT molecular complexity index is 1040. The lowest BCUT2D eigenvalue weighted by atomic mass is 9.81. The SMILES string of the molecule is C=CCCc1cccc(-c2ccc3c(c2)C(C)(C)c2cc(I)ccc2-3)c1C. The molecule has 0 atom stereocenters. The van der Waals surface area contributed by atoms with Gasteiger partial charge in [-0.2, -0.15) is 0 Å². The van der Waals surface area contributed by atoms with Gasteiger partial charge in [0.05, 0.1) is 0 Å². The van der Waals surface area contributed by atoms with Crippen LogP contribution in [-0.4, -0.2) is 0 Å². The fourth-order valence-electron chi connectivity index (χ4n) is 4.40. The molecular formula is C26H25I. The minimum atomic E-state index is 0.0379. The molecule has 4 rings (SSSR count). The molecule has 0 fully saturated rings. The van der Waals surface area contributed by atoms with E-state index in [0.29, 0.717) is 0 Å². The molecule has 0 unspecified atom stereocenters. The average molecular weight is 464 g/mol. The van der Waals surface area contributed by atoms with E-state index in [1.54, 1.807) is 0 Å². The van der Waals surface area contributed by atoms with E-state index in [1.807, 2.05) is 6.08 Å². The normalized spacial score (nSPS) is 13.9. The van der Waals surface area contributed by atoms with Crippen LogP contribution in [0.1, 0.15) is 42.5 Å². The standard InChI is InChI=1S/C26H25I/c1-5-6-8-18-9-7-10-21(17(18)2)19-11-13-22-23-14-12-20(27)16-25(23)26(3,4)24(22)15-19/h5,7,9-16H,1,6,8H2,2-4H3. The number of aryl methyl sites for hydroxylation is 1. The molecule has 0 heterocycles. The maximum absolute atomic E-state index is 3.87. The van der Waals surface area contributed by atoms with Gasteiger partial charge in [-0.15, -0.1) is 6.58 Å². The Morgan fingerprint density at radius 1 is 0.926 bits per heavy atom. The highest BCUT2D eigenvalue weighted by Crippen LogP contribution is 2.50. The predicted molar refractivity (Wildman–Crippen MR) is 125 cm³/mol. The largest absolute Gasteiger partial charge is 0.103 e. The second kappa shape index (κ2) is 6.94. The van der Waals surface area contributed by atoms with Crippen molar-refractivity contribution >= 4 is 22.6 Å². The molecule has 0 aliphatic heterocycles. The first-order valence-corrected chi connectivity index (χ1v) is 10.7. The van der Waals surface area contributed by atoms with Crippen LogP contribution in [0.5, 0.6) is 0 Å². The van der Waals surface area contributed by atoms with E-state index in [-0.39, 0.29) is 5.41 Å². The van der Waals surface area contributed by atoms with E-state index in [4.69, 9.17) is 0 Å². The van der Waals surface area contributed by atoms with Crippen LogP contribution in [0.25, 0.3) is 22.3 Å². The van der Waals surface area contributed by atoms with Crippen LogP contribution >= 0.6 is 22.6 Å². The van der Waals surface area contributed by atoms with Gasteiger partial charge in [-0.05, 0) is 105 Å². The zero-order valence-corrected chi connectivity index (χ0v) is 18.4. The summed E-state index contributed by atoms with van der Waals surface area (Å²) in [6.45, 7) is 10.8. The Morgan fingerprint density at radius 3 is 2.37 bits per heavy atom. The van der Waals surface area contributed by atoms with Gasteiger partial charge >= 0.3 is 0 Å². The van der Waals surface area contributed by atoms with Crippen LogP contribution in [0, 0.1) is 10.5 Å². The summed E-state index contributed by atoms with van der Waals surface area (Å²) in [4.78, 5) is 0. The van der Waals surface area contributed by atoms with E-state index >= 15 is 0 Å². The third-order valence-corrected chi connectivity index (χ3v) is 6.68. The molecule has 1 aliphatic rings. The Hall–Kier alpha value is -1.87. The molecule has 0 amide bonds. The van der Waals surface area contributed by atoms with Crippen LogP contribution in [-0.2, 0) is 11.8 Å². The van der Waals surface area contributed by atoms with Gasteiger partial charge in [0.1, 0.15) is 0 Å². The highest BCUT2D eigenvalue weighted by Gasteiger charge is 2.35. The Balaban J connectivity index is 1.83. The summed E-state index contributed by atoms with van der Waals surface area (Å²) in [5, 5.41) is 0. The zero-order valence-electron chi connectivity index (χ0n) is 16.3. The van der Waals surface area contributed by atoms with E-state index < -0.39 is 0 Å². The van der Waals surface area contributed by atoms with Crippen LogP contribution in [0.2, 0.25) is 0 Å². The summed E-state index contributed by atoms with van der Waals surface area (Å²) in [7, 11) is 0. The molecule has 27 heavy (non-hydrogen) atoms. The van der Waals surface area contributed by atoms with Gasteiger partial charge in [-0.3, -0.25) is 0 Å². The zero-order chi connectivity index (χ0) is 19.2. The fraction of sp³-hybridized carbons (Fsp3) is 0.231. The first-order valence-electron chi connectivity index (χ1n) is 9.58. The number of allylic oxidation sites excluding steroid dienone is 1. The van der Waals surface area contributed by atoms with Gasteiger partial charge in [0, 0.05) is 8.99 Å². The van der Waals surface area contributed by atoms with E-state index in [9.17, 15) is 0 Å². The molecule has 1 aliphatic carbocycles. The monoisotopic (exact) mass is 464 g/mol. The Kier molecular flexibility index (Phi) is 4.75. The summed E-state index contributed by atoms with van der Waals surface area (Å²) < 4.78 is 1.30. The summed E-state index contributed by atoms with van der Waals surface area (Å²) in [6, 6.07) is 20.6. The fourth-order valence-corrected chi connectivity index (χ4v) is 4.89. The molecule has 0 radical (unpaired) electrons. The second-order valence-electron chi connectivity index (χ2n) is 7.99. The lowest BCUT2D eigenvalue weighted by Gasteiger charge is -2.22. The average Bonchev–Trinajstić information content (AvgIpc) is 2.88. The predicted octanol–water partition coefficient (Wildman–Crippen LogP) is 7.69. The van der Waals surface area contributed by atoms with Crippen molar-refractivity contribution in [2.45, 2.75) is 39.0 Å². The van der Waals surface area contributed by atoms with Crippen molar-refractivity contribution in [3.63, 3.8) is 0 Å². The summed E-state index contributed by atoms with van der Waals surface area (Å²) in [5.41, 5.74) is 11.2. The molecule has 0 N–H and O–H groups in total. The minimum Gasteiger partial charge on any atom is -0.103 e. The number of benzene rings is 3. The number of hydrogen-bond donors (Lipinski definition) is 0. The topological polar surface area (TPSA) is 0 Å². The number of hydrogen-bond acceptors (Lipinski definition) is 0. The lowest BCUT2D eigenvalue weighted by molar-refractivity contribution is 0.660. The molecular weight excluding hydrogens is 439 g/mol. The van der Waals surface area contributed by atoms with Crippen molar-refractivity contribution in [1.29, 1.82) is 0 Å². The first kappa shape index (κ1) is 18.5. The maximum atomic E-state index is 3.87. The van der Waals surface area contributed by atoms with Crippen LogP contribution < -0.4 is 0 Å². The van der Waals surface area contributed by atoms with Crippen molar-refractivity contribution in [3.8, 4) is 22.3 Å². The Morgan fingerprint density at radius 2 is 1.63 bits per heavy atom. The molecule has 0 aromatic heterocycles. The van der Waals surface area contributed by atoms with Crippen molar-refractivity contribution < 1.29 is 0 Å². The molecule has 0 saturated carbocycles. The molecule has 0 saturated heterocycles. The molecule has 1 heteroatoms. The number of rotatable bonds is 4. The van der Waals surface area contributed by atoms with E-state index in [0.717, 1.165) is 12.8 Å². The second-order valence-corrected chi connectivity index (χ2v) is 9.24. The van der Waals surface area contributed by atoms with Crippen molar-refractivity contribution in [2.24, 2.45) is 0 Å². The molecule has 0 bridgehead atoms. The number of fused-ring (bicyclic) bond motifs is 3. The van der Waals surface area contributed by atoms with Crippen LogP contribution in [0.3, 0.4) is 0 Å². The van der Waals surface area contributed by atoms with Gasteiger partial charge in [0.25, 0.3) is 0 Å². The molecule has 3 aromatic carbocycles. The summed E-state index contributed by atoms with van der Waals surface area (Å²) in [6.07, 6.45) is 4.08. The quantitative estimate of drug-likeness (QED) is 0.274. The van der Waals surface area contributed by atoms with Gasteiger partial charge in [0.2, 0.25) is 0 Å². The summed E-state index contributed by atoms with van der Waals surface area (Å²) in [5.74, 6) is 0. The first-order chi connectivity index (χ1) is 12.9. The smallest absolute Gasteiger partial charge is 0.0159 e. The van der Waals surface area contributed by atoms with Crippen LogP contribution in [0.15, 0.2) is 67.3 Å². The third-order valence-electron chi connectivity index (χ3n) is 6.01. The van der Waals surface area contributed by atoms with Gasteiger partial charge < -0.3 is 0 Å². The molecule has 136 valence electrons. The van der Waals surface area contributed by atoms with Crippen molar-refractivity contribution in [2.75, 3.05) is 0 Å². The number of halogens is 1. The maximum Gasteiger partial charge on any atom is 0.0159 e. The van der Waals surface area contributed by atoms with Crippen molar-refractivity contribution in [3.05, 3.63) is 93.1 Å². The van der Waals surface area contributed by atoms with E-state index in [2.05, 4.69) is 105 Å². The highest BCUT2D eigenvalue weighted by molar-refractivity contribution is 14.1. The minimum absolute atomic E-state index is 0.0379. The van der Waals surface area contributed by atoms with Gasteiger partial charge in [0.15, 0.2) is 0 Å². The molecule has 0 spiro atoms. The van der Waals surface area contributed by atoms with Crippen molar-refractivity contribution in [1.82, 2.24) is 0 Å². The van der Waals surface area contributed by atoms with Crippen LogP contribution in [0.4, 0.5) is 0 Å². The molecule has 3 aromatic rings.